The van der Waals surface area contributed by atoms with Gasteiger partial charge in [0.2, 0.25) is 0 Å². The van der Waals surface area contributed by atoms with Gasteiger partial charge in [-0.15, -0.1) is 0 Å². The highest BCUT2D eigenvalue weighted by Gasteiger charge is 2.17. The van der Waals surface area contributed by atoms with Crippen molar-refractivity contribution >= 4 is 45.6 Å². The van der Waals surface area contributed by atoms with Crippen LogP contribution in [0.3, 0.4) is 0 Å². The molecule has 0 fully saturated rings. The number of nitrogens with zero attached hydrogens (tertiary/aromatic N) is 2. The predicted molar refractivity (Wildman–Crippen MR) is 155 cm³/mol. The molecular weight excluding hydrogens is 452 g/mol. The molecule has 0 spiro atoms. The largest absolute Gasteiger partial charge is 0.256 e. The van der Waals surface area contributed by atoms with E-state index in [1.165, 1.54) is 32.5 Å². The molecule has 36 heavy (non-hydrogen) atoms. The van der Waals surface area contributed by atoms with Gasteiger partial charge in [-0.3, -0.25) is 4.98 Å². The van der Waals surface area contributed by atoms with Crippen molar-refractivity contribution in [3.63, 3.8) is 0 Å². The van der Waals surface area contributed by atoms with Gasteiger partial charge >= 0.3 is 0 Å². The van der Waals surface area contributed by atoms with E-state index in [0.717, 1.165) is 27.4 Å². The fraction of sp³-hybridized carbons (Fsp3) is 0.0909. The Kier molecular flexibility index (Phi) is 5.21. The summed E-state index contributed by atoms with van der Waals surface area (Å²) >= 11 is 0. The maximum absolute atomic E-state index is 9.79. The van der Waals surface area contributed by atoms with E-state index in [2.05, 4.69) is 98.5 Å². The lowest BCUT2D eigenvalue weighted by molar-refractivity contribution is 1.36. The Labute approximate surface area is 212 Å². The molecule has 0 aliphatic carbocycles. The standard InChI is InChI=1S/C33H26N2Si/c1-36(2,3)26-13-11-22(12-14-26)28-9-6-10-29-30(28)15-16-32-31(29)17-18-35-33(32)24-19-23-7-4-5-8-27(23)25(20-24)21-34/h4-20H,1-3H3. The fourth-order valence-electron chi connectivity index (χ4n) is 5.19. The van der Waals surface area contributed by atoms with Gasteiger partial charge in [0.15, 0.2) is 0 Å². The summed E-state index contributed by atoms with van der Waals surface area (Å²) in [5.41, 5.74) is 5.03. The molecule has 3 heteroatoms. The molecule has 0 aliphatic rings. The summed E-state index contributed by atoms with van der Waals surface area (Å²) in [6.45, 7) is 7.15. The first-order valence-electron chi connectivity index (χ1n) is 12.3. The van der Waals surface area contributed by atoms with Crippen LogP contribution in [0.25, 0.3) is 54.7 Å². The summed E-state index contributed by atoms with van der Waals surface area (Å²) in [4.78, 5) is 4.77. The highest BCUT2D eigenvalue weighted by atomic mass is 28.3. The Hall–Kier alpha value is -4.26. The normalized spacial score (nSPS) is 11.7. The number of pyridine rings is 1. The first-order valence-corrected chi connectivity index (χ1v) is 15.8. The van der Waals surface area contributed by atoms with E-state index in [9.17, 15) is 5.26 Å². The summed E-state index contributed by atoms with van der Waals surface area (Å²) in [6, 6.07) is 36.7. The molecule has 6 aromatic rings. The predicted octanol–water partition coefficient (Wildman–Crippen LogP) is 8.29. The van der Waals surface area contributed by atoms with E-state index >= 15 is 0 Å². The van der Waals surface area contributed by atoms with Crippen LogP contribution < -0.4 is 5.19 Å². The lowest BCUT2D eigenvalue weighted by Crippen LogP contribution is -2.37. The van der Waals surface area contributed by atoms with Gasteiger partial charge in [0.25, 0.3) is 0 Å². The van der Waals surface area contributed by atoms with Gasteiger partial charge < -0.3 is 0 Å². The first-order chi connectivity index (χ1) is 17.4. The Bertz CT molecular complexity index is 1820. The van der Waals surface area contributed by atoms with E-state index in [1.54, 1.807) is 0 Å². The van der Waals surface area contributed by atoms with Crippen molar-refractivity contribution in [2.75, 3.05) is 0 Å². The Balaban J connectivity index is 1.55. The third kappa shape index (κ3) is 3.68. The minimum Gasteiger partial charge on any atom is -0.256 e. The number of benzene rings is 5. The lowest BCUT2D eigenvalue weighted by atomic mass is 9.92. The summed E-state index contributed by atoms with van der Waals surface area (Å²) < 4.78 is 0. The Morgan fingerprint density at radius 3 is 2.14 bits per heavy atom. The molecule has 6 rings (SSSR count). The number of fused-ring (bicyclic) bond motifs is 4. The van der Waals surface area contributed by atoms with E-state index in [0.29, 0.717) is 5.56 Å². The van der Waals surface area contributed by atoms with Crippen molar-refractivity contribution in [3.8, 4) is 28.5 Å². The van der Waals surface area contributed by atoms with Gasteiger partial charge in [0.05, 0.1) is 25.4 Å². The zero-order valence-electron chi connectivity index (χ0n) is 20.7. The second kappa shape index (κ2) is 8.44. The molecule has 0 saturated heterocycles. The smallest absolute Gasteiger partial charge is 0.0998 e. The molecule has 0 N–H and O–H groups in total. The summed E-state index contributed by atoms with van der Waals surface area (Å²) in [6.07, 6.45) is 1.88. The summed E-state index contributed by atoms with van der Waals surface area (Å²) in [5.74, 6) is 0. The van der Waals surface area contributed by atoms with Crippen LogP contribution in [0.1, 0.15) is 5.56 Å². The van der Waals surface area contributed by atoms with Crippen molar-refractivity contribution in [1.29, 1.82) is 5.26 Å². The molecular formula is C33H26N2Si. The molecule has 0 unspecified atom stereocenters. The van der Waals surface area contributed by atoms with Crippen molar-refractivity contribution in [3.05, 3.63) is 109 Å². The quantitative estimate of drug-likeness (QED) is 0.189. The van der Waals surface area contributed by atoms with E-state index in [1.807, 2.05) is 30.5 Å². The van der Waals surface area contributed by atoms with Crippen molar-refractivity contribution in [2.45, 2.75) is 19.6 Å². The second-order valence-corrected chi connectivity index (χ2v) is 15.5. The van der Waals surface area contributed by atoms with Crippen LogP contribution in [0.5, 0.6) is 0 Å². The van der Waals surface area contributed by atoms with Crippen LogP contribution in [0.15, 0.2) is 103 Å². The zero-order valence-corrected chi connectivity index (χ0v) is 21.7. The monoisotopic (exact) mass is 478 g/mol. The minimum absolute atomic E-state index is 0.673. The third-order valence-corrected chi connectivity index (χ3v) is 9.19. The van der Waals surface area contributed by atoms with Crippen LogP contribution in [-0.2, 0) is 0 Å². The topological polar surface area (TPSA) is 36.7 Å². The van der Waals surface area contributed by atoms with Gasteiger partial charge in [-0.2, -0.15) is 5.26 Å². The first kappa shape index (κ1) is 22.2. The third-order valence-electron chi connectivity index (χ3n) is 7.12. The van der Waals surface area contributed by atoms with Gasteiger partial charge in [-0.1, -0.05) is 104 Å². The number of nitriles is 1. The molecule has 1 heterocycles. The molecule has 5 aromatic carbocycles. The molecule has 0 aliphatic heterocycles. The van der Waals surface area contributed by atoms with E-state index in [-0.39, 0.29) is 0 Å². The molecule has 0 atom stereocenters. The minimum atomic E-state index is -1.34. The average Bonchev–Trinajstić information content (AvgIpc) is 2.91. The average molecular weight is 479 g/mol. The molecule has 0 radical (unpaired) electrons. The van der Waals surface area contributed by atoms with Crippen molar-refractivity contribution in [2.24, 2.45) is 0 Å². The van der Waals surface area contributed by atoms with Crippen LogP contribution in [0.2, 0.25) is 19.6 Å². The Morgan fingerprint density at radius 1 is 0.639 bits per heavy atom. The number of hydrogen-bond acceptors (Lipinski definition) is 2. The highest BCUT2D eigenvalue weighted by molar-refractivity contribution is 6.88. The van der Waals surface area contributed by atoms with Gasteiger partial charge in [0, 0.05) is 17.1 Å². The fourth-order valence-corrected chi connectivity index (χ4v) is 6.36. The van der Waals surface area contributed by atoms with Gasteiger partial charge in [-0.25, -0.2) is 0 Å². The van der Waals surface area contributed by atoms with Gasteiger partial charge in [0.1, 0.15) is 0 Å². The highest BCUT2D eigenvalue weighted by Crippen LogP contribution is 2.37. The van der Waals surface area contributed by atoms with Crippen molar-refractivity contribution < 1.29 is 0 Å². The summed E-state index contributed by atoms with van der Waals surface area (Å²) in [5, 5.41) is 18.0. The van der Waals surface area contributed by atoms with Crippen LogP contribution in [-0.4, -0.2) is 13.1 Å². The lowest BCUT2D eigenvalue weighted by Gasteiger charge is -2.17. The number of rotatable bonds is 3. The second-order valence-electron chi connectivity index (χ2n) is 10.4. The molecule has 2 nitrogen and oxygen atoms in total. The number of hydrogen-bond donors (Lipinski definition) is 0. The molecule has 1 aromatic heterocycles. The maximum atomic E-state index is 9.79. The molecule has 0 amide bonds. The molecule has 0 bridgehead atoms. The van der Waals surface area contributed by atoms with Gasteiger partial charge in [-0.05, 0) is 56.3 Å². The maximum Gasteiger partial charge on any atom is 0.0998 e. The zero-order chi connectivity index (χ0) is 24.9. The van der Waals surface area contributed by atoms with Crippen molar-refractivity contribution in [1.82, 2.24) is 4.98 Å². The number of aromatic nitrogens is 1. The Morgan fingerprint density at radius 2 is 1.36 bits per heavy atom. The van der Waals surface area contributed by atoms with Crippen LogP contribution in [0, 0.1) is 11.3 Å². The van der Waals surface area contributed by atoms with Crippen LogP contribution in [0.4, 0.5) is 0 Å². The SMILES string of the molecule is C[Si](C)(C)c1ccc(-c2cccc3c2ccc2c(-c4cc(C#N)c5ccccc5c4)nccc23)cc1. The van der Waals surface area contributed by atoms with Crippen LogP contribution >= 0.6 is 0 Å². The van der Waals surface area contributed by atoms with E-state index in [4.69, 9.17) is 4.98 Å². The molecule has 0 saturated carbocycles. The molecule has 172 valence electrons. The summed E-state index contributed by atoms with van der Waals surface area (Å²) in [7, 11) is -1.34. The van der Waals surface area contributed by atoms with E-state index < -0.39 is 8.07 Å².